The van der Waals surface area contributed by atoms with Crippen LogP contribution in [-0.4, -0.2) is 12.1 Å². The van der Waals surface area contributed by atoms with E-state index < -0.39 is 0 Å². The third-order valence-corrected chi connectivity index (χ3v) is 4.22. The van der Waals surface area contributed by atoms with E-state index in [-0.39, 0.29) is 5.54 Å². The first-order valence-corrected chi connectivity index (χ1v) is 7.55. The minimum Gasteiger partial charge on any atom is -0.312 e. The van der Waals surface area contributed by atoms with E-state index in [9.17, 15) is 0 Å². The fourth-order valence-corrected chi connectivity index (χ4v) is 2.69. The Morgan fingerprint density at radius 1 is 1.24 bits per heavy atom. The molecule has 1 heterocycles. The molecule has 0 radical (unpaired) electrons. The van der Waals surface area contributed by atoms with Gasteiger partial charge in [-0.2, -0.15) is 0 Å². The van der Waals surface area contributed by atoms with Crippen LogP contribution in [0.2, 0.25) is 0 Å². The fourth-order valence-electron chi connectivity index (χ4n) is 1.72. The van der Waals surface area contributed by atoms with Crippen LogP contribution in [0, 0.1) is 5.92 Å². The van der Waals surface area contributed by atoms with E-state index in [1.807, 2.05) is 11.3 Å². The van der Waals surface area contributed by atoms with Gasteiger partial charge >= 0.3 is 0 Å². The zero-order chi connectivity index (χ0) is 12.9. The molecule has 17 heavy (non-hydrogen) atoms. The maximum Gasteiger partial charge on any atom is 0.00966 e. The van der Waals surface area contributed by atoms with Crippen molar-refractivity contribution < 1.29 is 0 Å². The zero-order valence-corrected chi connectivity index (χ0v) is 12.8. The largest absolute Gasteiger partial charge is 0.312 e. The Labute approximate surface area is 111 Å². The lowest BCUT2D eigenvalue weighted by Gasteiger charge is -2.23. The summed E-state index contributed by atoms with van der Waals surface area (Å²) < 4.78 is 0. The molecule has 1 aromatic heterocycles. The van der Waals surface area contributed by atoms with Crippen molar-refractivity contribution in [2.45, 2.75) is 59.4 Å². The Morgan fingerprint density at radius 2 is 1.88 bits per heavy atom. The lowest BCUT2D eigenvalue weighted by atomic mass is 10.0. The van der Waals surface area contributed by atoms with Gasteiger partial charge in [-0.25, -0.2) is 0 Å². The molecule has 1 rings (SSSR count). The van der Waals surface area contributed by atoms with Crippen molar-refractivity contribution in [3.63, 3.8) is 0 Å². The first-order chi connectivity index (χ1) is 7.90. The minimum absolute atomic E-state index is 0.243. The van der Waals surface area contributed by atoms with E-state index in [1.165, 1.54) is 24.1 Å². The first kappa shape index (κ1) is 14.7. The monoisotopic (exact) mass is 253 g/mol. The molecule has 0 fully saturated rings. The quantitative estimate of drug-likeness (QED) is 0.798. The van der Waals surface area contributed by atoms with E-state index in [1.54, 1.807) is 4.88 Å². The highest BCUT2D eigenvalue weighted by Crippen LogP contribution is 2.20. The fraction of sp³-hybridized carbons (Fsp3) is 0.733. The number of hydrogen-bond acceptors (Lipinski definition) is 2. The smallest absolute Gasteiger partial charge is 0.00966 e. The molecule has 1 unspecified atom stereocenters. The van der Waals surface area contributed by atoms with Crippen LogP contribution in [0.5, 0.6) is 0 Å². The average molecular weight is 253 g/mol. The first-order valence-electron chi connectivity index (χ1n) is 6.73. The maximum atomic E-state index is 3.58. The van der Waals surface area contributed by atoms with Crippen LogP contribution in [0.25, 0.3) is 0 Å². The summed E-state index contributed by atoms with van der Waals surface area (Å²) in [7, 11) is 0. The van der Waals surface area contributed by atoms with E-state index >= 15 is 0 Å². The Morgan fingerprint density at radius 3 is 2.41 bits per heavy atom. The van der Waals surface area contributed by atoms with Gasteiger partial charge in [0.2, 0.25) is 0 Å². The molecule has 0 spiro atoms. The summed E-state index contributed by atoms with van der Waals surface area (Å²) in [6.07, 6.45) is 3.69. The second-order valence-corrected chi connectivity index (χ2v) is 7.25. The Hall–Kier alpha value is -0.340. The molecule has 2 heteroatoms. The predicted molar refractivity (Wildman–Crippen MR) is 78.9 cm³/mol. The second-order valence-electron chi connectivity index (χ2n) is 6.00. The summed E-state index contributed by atoms with van der Waals surface area (Å²) in [5.41, 5.74) is 0.243. The molecule has 0 saturated carbocycles. The second kappa shape index (κ2) is 6.55. The zero-order valence-electron chi connectivity index (χ0n) is 12.0. The van der Waals surface area contributed by atoms with E-state index in [4.69, 9.17) is 0 Å². The highest BCUT2D eigenvalue weighted by molar-refractivity contribution is 7.11. The van der Waals surface area contributed by atoms with Gasteiger partial charge in [-0.3, -0.25) is 0 Å². The average Bonchev–Trinajstić information content (AvgIpc) is 2.70. The number of nitrogens with one attached hydrogen (secondary N) is 1. The van der Waals surface area contributed by atoms with Crippen LogP contribution in [0.3, 0.4) is 0 Å². The van der Waals surface area contributed by atoms with Crippen LogP contribution in [0.15, 0.2) is 12.1 Å². The molecule has 0 saturated heterocycles. The highest BCUT2D eigenvalue weighted by Gasteiger charge is 2.11. The molecule has 0 aliphatic heterocycles. The molecule has 0 aliphatic rings. The predicted octanol–water partition coefficient (Wildman–Crippen LogP) is 4.27. The summed E-state index contributed by atoms with van der Waals surface area (Å²) in [6.45, 7) is 12.4. The number of rotatable bonds is 6. The molecular weight excluding hydrogens is 226 g/mol. The third kappa shape index (κ3) is 6.23. The molecule has 0 bridgehead atoms. The Balaban J connectivity index is 2.25. The molecule has 1 nitrogen and oxygen atoms in total. The van der Waals surface area contributed by atoms with Gasteiger partial charge in [0, 0.05) is 15.3 Å². The standard InChI is InChI=1S/C15H27NS/c1-6-13-9-10-14(17-13)8-7-12(2)11-16-15(3,4)5/h9-10,12,16H,6-8,11H2,1-5H3. The van der Waals surface area contributed by atoms with Crippen molar-refractivity contribution in [1.29, 1.82) is 0 Å². The molecule has 1 aromatic rings. The van der Waals surface area contributed by atoms with Crippen molar-refractivity contribution in [1.82, 2.24) is 5.32 Å². The molecule has 98 valence electrons. The van der Waals surface area contributed by atoms with Gasteiger partial charge < -0.3 is 5.32 Å². The third-order valence-electron chi connectivity index (χ3n) is 2.93. The molecule has 1 N–H and O–H groups in total. The van der Waals surface area contributed by atoms with Crippen molar-refractivity contribution >= 4 is 11.3 Å². The molecular formula is C15H27NS. The van der Waals surface area contributed by atoms with Crippen LogP contribution in [-0.2, 0) is 12.8 Å². The van der Waals surface area contributed by atoms with Gasteiger partial charge in [-0.15, -0.1) is 11.3 Å². The van der Waals surface area contributed by atoms with Crippen molar-refractivity contribution in [2.75, 3.05) is 6.54 Å². The lowest BCUT2D eigenvalue weighted by molar-refractivity contribution is 0.373. The Bertz CT molecular complexity index is 322. The summed E-state index contributed by atoms with van der Waals surface area (Å²) in [4.78, 5) is 3.06. The van der Waals surface area contributed by atoms with Gasteiger partial charge in [-0.05, 0) is 64.6 Å². The van der Waals surface area contributed by atoms with Crippen molar-refractivity contribution in [3.05, 3.63) is 21.9 Å². The van der Waals surface area contributed by atoms with Gasteiger partial charge in [-0.1, -0.05) is 13.8 Å². The maximum absolute atomic E-state index is 3.58. The Kier molecular flexibility index (Phi) is 5.68. The minimum atomic E-state index is 0.243. The van der Waals surface area contributed by atoms with E-state index in [0.29, 0.717) is 0 Å². The van der Waals surface area contributed by atoms with Gasteiger partial charge in [0.15, 0.2) is 0 Å². The van der Waals surface area contributed by atoms with Gasteiger partial charge in [0.1, 0.15) is 0 Å². The summed E-state index contributed by atoms with van der Waals surface area (Å²) in [5.74, 6) is 0.751. The highest BCUT2D eigenvalue weighted by atomic mass is 32.1. The molecule has 0 amide bonds. The van der Waals surface area contributed by atoms with Crippen LogP contribution in [0.4, 0.5) is 0 Å². The lowest BCUT2D eigenvalue weighted by Crippen LogP contribution is -2.38. The van der Waals surface area contributed by atoms with E-state index in [0.717, 1.165) is 12.5 Å². The van der Waals surface area contributed by atoms with Crippen molar-refractivity contribution in [3.8, 4) is 0 Å². The van der Waals surface area contributed by atoms with Crippen molar-refractivity contribution in [2.24, 2.45) is 5.92 Å². The van der Waals surface area contributed by atoms with Crippen LogP contribution < -0.4 is 5.32 Å². The topological polar surface area (TPSA) is 12.0 Å². The number of hydrogen-bond donors (Lipinski definition) is 1. The normalized spacial score (nSPS) is 13.9. The summed E-state index contributed by atoms with van der Waals surface area (Å²) in [5, 5.41) is 3.58. The number of thiophene rings is 1. The van der Waals surface area contributed by atoms with Gasteiger partial charge in [0.05, 0.1) is 0 Å². The number of aryl methyl sites for hydroxylation is 2. The molecule has 0 aliphatic carbocycles. The van der Waals surface area contributed by atoms with Gasteiger partial charge in [0.25, 0.3) is 0 Å². The molecule has 0 aromatic carbocycles. The SMILES string of the molecule is CCc1ccc(CCC(C)CNC(C)(C)C)s1. The van der Waals surface area contributed by atoms with E-state index in [2.05, 4.69) is 52.1 Å². The summed E-state index contributed by atoms with van der Waals surface area (Å²) >= 11 is 1.98. The van der Waals surface area contributed by atoms with Crippen LogP contribution in [0.1, 0.15) is 50.8 Å². The van der Waals surface area contributed by atoms with Crippen LogP contribution >= 0.6 is 11.3 Å². The summed E-state index contributed by atoms with van der Waals surface area (Å²) in [6, 6.07) is 4.57. The molecule has 1 atom stereocenters.